The average Bonchev–Trinajstić information content (AvgIpc) is 2.26. The van der Waals surface area contributed by atoms with Gasteiger partial charge in [-0.05, 0) is 20.3 Å². The summed E-state index contributed by atoms with van der Waals surface area (Å²) >= 11 is 0. The molecule has 4 heteroatoms. The normalized spacial score (nSPS) is 18.4. The third-order valence-electron chi connectivity index (χ3n) is 2.98. The second-order valence-corrected chi connectivity index (χ2v) is 5.17. The van der Waals surface area contributed by atoms with Crippen molar-refractivity contribution in [3.05, 3.63) is 0 Å². The Bertz CT molecular complexity index is 222. The zero-order valence-electron chi connectivity index (χ0n) is 10.8. The van der Waals surface area contributed by atoms with Gasteiger partial charge in [0.1, 0.15) is 0 Å². The summed E-state index contributed by atoms with van der Waals surface area (Å²) in [6.07, 6.45) is 0.995. The summed E-state index contributed by atoms with van der Waals surface area (Å²) in [4.78, 5) is 14.3. The molecule has 0 aromatic carbocycles. The van der Waals surface area contributed by atoms with Crippen molar-refractivity contribution in [1.82, 2.24) is 15.5 Å². The minimum absolute atomic E-state index is 0.174. The lowest BCUT2D eigenvalue weighted by Gasteiger charge is -2.34. The molecule has 0 radical (unpaired) electrons. The molecule has 0 aromatic rings. The van der Waals surface area contributed by atoms with Crippen LogP contribution in [0.15, 0.2) is 0 Å². The molecule has 1 aliphatic heterocycles. The summed E-state index contributed by atoms with van der Waals surface area (Å²) in [5, 5.41) is 6.30. The van der Waals surface area contributed by atoms with Gasteiger partial charge in [-0.3, -0.25) is 9.69 Å². The monoisotopic (exact) mass is 227 g/mol. The fourth-order valence-corrected chi connectivity index (χ4v) is 1.98. The molecule has 16 heavy (non-hydrogen) atoms. The topological polar surface area (TPSA) is 44.4 Å². The van der Waals surface area contributed by atoms with E-state index >= 15 is 0 Å². The van der Waals surface area contributed by atoms with E-state index in [1.165, 1.54) is 0 Å². The van der Waals surface area contributed by atoms with Gasteiger partial charge in [0.25, 0.3) is 0 Å². The molecule has 0 unspecified atom stereocenters. The number of piperazine rings is 1. The highest BCUT2D eigenvalue weighted by atomic mass is 16.2. The van der Waals surface area contributed by atoms with Crippen molar-refractivity contribution in [2.75, 3.05) is 39.3 Å². The van der Waals surface area contributed by atoms with Crippen molar-refractivity contribution in [3.8, 4) is 0 Å². The molecule has 1 heterocycles. The first-order chi connectivity index (χ1) is 7.56. The van der Waals surface area contributed by atoms with Gasteiger partial charge in [0, 0.05) is 39.3 Å². The highest BCUT2D eigenvalue weighted by molar-refractivity contribution is 5.82. The van der Waals surface area contributed by atoms with E-state index in [0.29, 0.717) is 0 Å². The van der Waals surface area contributed by atoms with Crippen LogP contribution >= 0.6 is 0 Å². The Morgan fingerprint density at radius 2 is 2.00 bits per heavy atom. The molecule has 1 fully saturated rings. The fraction of sp³-hybridized carbons (Fsp3) is 0.917. The van der Waals surface area contributed by atoms with E-state index in [1.54, 1.807) is 0 Å². The number of nitrogens with zero attached hydrogens (tertiary/aromatic N) is 1. The highest BCUT2D eigenvalue weighted by Crippen LogP contribution is 2.17. The zero-order valence-corrected chi connectivity index (χ0v) is 10.8. The summed E-state index contributed by atoms with van der Waals surface area (Å²) in [6.45, 7) is 11.9. The average molecular weight is 227 g/mol. The second-order valence-electron chi connectivity index (χ2n) is 5.17. The third kappa shape index (κ3) is 4.10. The molecule has 4 nitrogen and oxygen atoms in total. The van der Waals surface area contributed by atoms with Gasteiger partial charge in [0.2, 0.25) is 5.91 Å². The zero-order chi connectivity index (χ0) is 12.0. The molecular formula is C12H25N3O. The van der Waals surface area contributed by atoms with Crippen LogP contribution in [-0.4, -0.2) is 50.1 Å². The first-order valence-electron chi connectivity index (χ1n) is 6.27. The maximum Gasteiger partial charge on any atom is 0.226 e. The molecule has 1 aliphatic rings. The molecule has 0 bridgehead atoms. The Labute approximate surface area is 98.8 Å². The van der Waals surface area contributed by atoms with Gasteiger partial charge in [0.15, 0.2) is 0 Å². The molecule has 1 rings (SSSR count). The Hall–Kier alpha value is -0.610. The van der Waals surface area contributed by atoms with Gasteiger partial charge in [-0.2, -0.15) is 0 Å². The van der Waals surface area contributed by atoms with Gasteiger partial charge in [-0.15, -0.1) is 0 Å². The number of carbonyl (C=O) groups excluding carboxylic acids is 1. The smallest absolute Gasteiger partial charge is 0.226 e. The number of amides is 1. The maximum atomic E-state index is 11.9. The van der Waals surface area contributed by atoms with E-state index < -0.39 is 0 Å². The Morgan fingerprint density at radius 1 is 1.38 bits per heavy atom. The predicted molar refractivity (Wildman–Crippen MR) is 66.4 cm³/mol. The Balaban J connectivity index is 2.39. The standard InChI is InChI=1S/C12H25N3O/c1-4-5-14-11(16)12(2,3)10-15-8-6-13-7-9-15/h13H,4-10H2,1-3H3,(H,14,16). The number of hydrogen-bond acceptors (Lipinski definition) is 3. The van der Waals surface area contributed by atoms with Crippen molar-refractivity contribution in [1.29, 1.82) is 0 Å². The summed E-state index contributed by atoms with van der Waals surface area (Å²) in [6, 6.07) is 0. The quantitative estimate of drug-likeness (QED) is 0.716. The fourth-order valence-electron chi connectivity index (χ4n) is 1.98. The van der Waals surface area contributed by atoms with Gasteiger partial charge in [-0.25, -0.2) is 0 Å². The lowest BCUT2D eigenvalue weighted by molar-refractivity contribution is -0.130. The van der Waals surface area contributed by atoms with E-state index in [0.717, 1.165) is 45.7 Å². The van der Waals surface area contributed by atoms with Crippen LogP contribution in [0.25, 0.3) is 0 Å². The van der Waals surface area contributed by atoms with Gasteiger partial charge in [0.05, 0.1) is 5.41 Å². The summed E-state index contributed by atoms with van der Waals surface area (Å²) in [5.41, 5.74) is -0.285. The lowest BCUT2D eigenvalue weighted by atomic mass is 9.91. The van der Waals surface area contributed by atoms with Crippen LogP contribution in [0, 0.1) is 5.41 Å². The van der Waals surface area contributed by atoms with Gasteiger partial charge < -0.3 is 10.6 Å². The summed E-state index contributed by atoms with van der Waals surface area (Å²) < 4.78 is 0. The van der Waals surface area contributed by atoms with E-state index in [9.17, 15) is 4.79 Å². The van der Waals surface area contributed by atoms with Crippen LogP contribution in [0.1, 0.15) is 27.2 Å². The molecule has 1 saturated heterocycles. The van der Waals surface area contributed by atoms with Crippen LogP contribution < -0.4 is 10.6 Å². The number of hydrogen-bond donors (Lipinski definition) is 2. The lowest BCUT2D eigenvalue weighted by Crippen LogP contribution is -2.50. The highest BCUT2D eigenvalue weighted by Gasteiger charge is 2.30. The molecule has 2 N–H and O–H groups in total. The van der Waals surface area contributed by atoms with Crippen molar-refractivity contribution in [2.24, 2.45) is 5.41 Å². The van der Waals surface area contributed by atoms with Crippen molar-refractivity contribution in [2.45, 2.75) is 27.2 Å². The largest absolute Gasteiger partial charge is 0.356 e. The first-order valence-corrected chi connectivity index (χ1v) is 6.27. The number of nitrogens with one attached hydrogen (secondary N) is 2. The SMILES string of the molecule is CCCNC(=O)C(C)(C)CN1CCNCC1. The number of carbonyl (C=O) groups is 1. The van der Waals surface area contributed by atoms with Gasteiger partial charge in [-0.1, -0.05) is 6.92 Å². The van der Waals surface area contributed by atoms with Crippen LogP contribution in [0.4, 0.5) is 0 Å². The molecular weight excluding hydrogens is 202 g/mol. The molecule has 0 spiro atoms. The van der Waals surface area contributed by atoms with Crippen LogP contribution in [0.5, 0.6) is 0 Å². The second kappa shape index (κ2) is 6.21. The molecule has 1 amide bonds. The summed E-state index contributed by atoms with van der Waals surface area (Å²) in [7, 11) is 0. The Kier molecular flexibility index (Phi) is 5.22. The van der Waals surface area contributed by atoms with E-state index in [4.69, 9.17) is 0 Å². The minimum atomic E-state index is -0.285. The minimum Gasteiger partial charge on any atom is -0.356 e. The summed E-state index contributed by atoms with van der Waals surface area (Å²) in [5.74, 6) is 0.174. The van der Waals surface area contributed by atoms with Crippen molar-refractivity contribution >= 4 is 5.91 Å². The predicted octanol–water partition coefficient (Wildman–Crippen LogP) is 0.444. The Morgan fingerprint density at radius 3 is 2.56 bits per heavy atom. The molecule has 0 aromatic heterocycles. The van der Waals surface area contributed by atoms with Gasteiger partial charge >= 0.3 is 0 Å². The molecule has 0 aliphatic carbocycles. The van der Waals surface area contributed by atoms with E-state index in [1.807, 2.05) is 13.8 Å². The first kappa shape index (κ1) is 13.5. The molecule has 0 saturated carbocycles. The number of rotatable bonds is 5. The van der Waals surface area contributed by atoms with E-state index in [2.05, 4.69) is 22.5 Å². The molecule has 0 atom stereocenters. The third-order valence-corrected chi connectivity index (χ3v) is 2.98. The van der Waals surface area contributed by atoms with Crippen molar-refractivity contribution in [3.63, 3.8) is 0 Å². The van der Waals surface area contributed by atoms with E-state index in [-0.39, 0.29) is 11.3 Å². The molecule has 94 valence electrons. The van der Waals surface area contributed by atoms with Crippen molar-refractivity contribution < 1.29 is 4.79 Å². The maximum absolute atomic E-state index is 11.9. The van der Waals surface area contributed by atoms with Crippen LogP contribution in [0.2, 0.25) is 0 Å². The van der Waals surface area contributed by atoms with Crippen LogP contribution in [-0.2, 0) is 4.79 Å². The van der Waals surface area contributed by atoms with Crippen LogP contribution in [0.3, 0.4) is 0 Å².